The van der Waals surface area contributed by atoms with Crippen LogP contribution in [0, 0.1) is 15.5 Å². The molecule has 2 N–H and O–H groups in total. The third-order valence-electron chi connectivity index (χ3n) is 4.30. The molecule has 1 aromatic heterocycles. The van der Waals surface area contributed by atoms with Crippen molar-refractivity contribution in [2.75, 3.05) is 5.32 Å². The van der Waals surface area contributed by atoms with E-state index in [1.807, 2.05) is 13.8 Å². The summed E-state index contributed by atoms with van der Waals surface area (Å²) >= 11 is 0. The van der Waals surface area contributed by atoms with Gasteiger partial charge in [0.05, 0.1) is 4.92 Å². The quantitative estimate of drug-likeness (QED) is 0.647. The van der Waals surface area contributed by atoms with Crippen molar-refractivity contribution in [3.63, 3.8) is 0 Å². The Hall–Kier alpha value is -3.29. The van der Waals surface area contributed by atoms with Crippen molar-refractivity contribution in [3.05, 3.63) is 67.6 Å². The number of benzene rings is 1. The van der Waals surface area contributed by atoms with Crippen LogP contribution < -0.4 is 10.9 Å². The Labute approximate surface area is 148 Å². The number of rotatable bonds is 3. The van der Waals surface area contributed by atoms with Gasteiger partial charge in [0.2, 0.25) is 0 Å². The normalized spacial score (nSPS) is 15.2. The molecule has 0 spiro atoms. The van der Waals surface area contributed by atoms with Gasteiger partial charge in [-0.15, -0.1) is 0 Å². The summed E-state index contributed by atoms with van der Waals surface area (Å²) < 4.78 is 0. The van der Waals surface area contributed by atoms with E-state index in [9.17, 15) is 24.5 Å². The molecular weight excluding hydrogens is 338 g/mol. The van der Waals surface area contributed by atoms with E-state index in [0.29, 0.717) is 29.8 Å². The van der Waals surface area contributed by atoms with Gasteiger partial charge in [-0.2, -0.15) is 0 Å². The van der Waals surface area contributed by atoms with Crippen molar-refractivity contribution in [2.24, 2.45) is 5.41 Å². The Kier molecular flexibility index (Phi) is 4.19. The number of amides is 1. The minimum absolute atomic E-state index is 0.108. The first-order valence-corrected chi connectivity index (χ1v) is 8.01. The molecule has 1 heterocycles. The summed E-state index contributed by atoms with van der Waals surface area (Å²) in [7, 11) is 0. The molecule has 2 aromatic rings. The van der Waals surface area contributed by atoms with E-state index < -0.39 is 16.4 Å². The highest BCUT2D eigenvalue weighted by atomic mass is 16.6. The van der Waals surface area contributed by atoms with Crippen LogP contribution in [0.5, 0.6) is 0 Å². The molecule has 1 aliphatic carbocycles. The highest BCUT2D eigenvalue weighted by Crippen LogP contribution is 2.33. The molecule has 3 rings (SSSR count). The molecule has 26 heavy (non-hydrogen) atoms. The molecular formula is C18H17N3O5. The predicted molar refractivity (Wildman–Crippen MR) is 94.5 cm³/mol. The minimum Gasteiger partial charge on any atom is -0.325 e. The molecule has 0 unspecified atom stereocenters. The summed E-state index contributed by atoms with van der Waals surface area (Å²) in [5, 5.41) is 13.2. The molecule has 0 saturated heterocycles. The first-order chi connectivity index (χ1) is 12.2. The molecule has 1 aliphatic rings. The van der Waals surface area contributed by atoms with E-state index in [-0.39, 0.29) is 22.4 Å². The van der Waals surface area contributed by atoms with Crippen molar-refractivity contribution >= 4 is 23.1 Å². The van der Waals surface area contributed by atoms with E-state index in [1.165, 1.54) is 30.3 Å². The van der Waals surface area contributed by atoms with E-state index in [2.05, 4.69) is 10.3 Å². The Morgan fingerprint density at radius 2 is 1.85 bits per heavy atom. The number of nitro groups is 1. The largest absolute Gasteiger partial charge is 0.325 e. The number of pyridine rings is 1. The molecule has 0 saturated carbocycles. The molecule has 8 heteroatoms. The molecule has 0 fully saturated rings. The lowest BCUT2D eigenvalue weighted by Crippen LogP contribution is -2.32. The van der Waals surface area contributed by atoms with Gasteiger partial charge < -0.3 is 10.3 Å². The lowest BCUT2D eigenvalue weighted by Gasteiger charge is -2.29. The van der Waals surface area contributed by atoms with Gasteiger partial charge in [-0.3, -0.25) is 24.5 Å². The summed E-state index contributed by atoms with van der Waals surface area (Å²) in [6.07, 6.45) is 0.892. The Bertz CT molecular complexity index is 973. The van der Waals surface area contributed by atoms with Crippen LogP contribution in [0.2, 0.25) is 0 Å². The fraction of sp³-hybridized carbons (Fsp3) is 0.278. The number of Topliss-reactive ketones (excluding diaryl/α,β-unsaturated/α-hetero) is 1. The van der Waals surface area contributed by atoms with Crippen molar-refractivity contribution in [1.82, 2.24) is 4.98 Å². The first-order valence-electron chi connectivity index (χ1n) is 8.01. The Morgan fingerprint density at radius 1 is 1.19 bits per heavy atom. The van der Waals surface area contributed by atoms with Gasteiger partial charge in [-0.1, -0.05) is 13.8 Å². The molecule has 0 atom stereocenters. The summed E-state index contributed by atoms with van der Waals surface area (Å²) in [6, 6.07) is 6.57. The number of carbonyl (C=O) groups is 2. The highest BCUT2D eigenvalue weighted by Gasteiger charge is 2.32. The number of nitrogens with one attached hydrogen (secondary N) is 2. The van der Waals surface area contributed by atoms with Gasteiger partial charge in [-0.05, 0) is 30.0 Å². The van der Waals surface area contributed by atoms with Crippen LogP contribution in [0.1, 0.15) is 46.7 Å². The summed E-state index contributed by atoms with van der Waals surface area (Å²) in [5.41, 5.74) is 0.119. The number of hydrogen-bond donors (Lipinski definition) is 2. The second kappa shape index (κ2) is 6.21. The maximum atomic E-state index is 12.4. The fourth-order valence-corrected chi connectivity index (χ4v) is 3.06. The highest BCUT2D eigenvalue weighted by molar-refractivity contribution is 6.06. The number of H-pyrrole nitrogens is 1. The molecule has 0 aliphatic heterocycles. The maximum absolute atomic E-state index is 12.4. The van der Waals surface area contributed by atoms with Gasteiger partial charge in [0, 0.05) is 35.5 Å². The lowest BCUT2D eigenvalue weighted by molar-refractivity contribution is -0.384. The summed E-state index contributed by atoms with van der Waals surface area (Å²) in [4.78, 5) is 49.7. The van der Waals surface area contributed by atoms with Crippen molar-refractivity contribution < 1.29 is 14.5 Å². The monoisotopic (exact) mass is 355 g/mol. The number of nitro benzene ring substituents is 1. The van der Waals surface area contributed by atoms with Gasteiger partial charge >= 0.3 is 0 Å². The second-order valence-corrected chi connectivity index (χ2v) is 7.10. The van der Waals surface area contributed by atoms with Gasteiger partial charge in [0.15, 0.2) is 5.78 Å². The second-order valence-electron chi connectivity index (χ2n) is 7.10. The predicted octanol–water partition coefficient (Wildman–Crippen LogP) is 2.69. The van der Waals surface area contributed by atoms with Crippen LogP contribution in [0.25, 0.3) is 0 Å². The van der Waals surface area contributed by atoms with Crippen LogP contribution in [0.15, 0.2) is 35.1 Å². The third-order valence-corrected chi connectivity index (χ3v) is 4.30. The molecule has 0 radical (unpaired) electrons. The summed E-state index contributed by atoms with van der Waals surface area (Å²) in [5.74, 6) is -0.794. The van der Waals surface area contributed by atoms with Gasteiger partial charge in [0.1, 0.15) is 5.56 Å². The number of anilines is 1. The lowest BCUT2D eigenvalue weighted by atomic mass is 9.75. The number of aromatic nitrogens is 1. The molecule has 1 amide bonds. The molecule has 0 bridgehead atoms. The maximum Gasteiger partial charge on any atom is 0.269 e. The average molecular weight is 355 g/mol. The van der Waals surface area contributed by atoms with Crippen LogP contribution in [-0.4, -0.2) is 21.6 Å². The smallest absolute Gasteiger partial charge is 0.269 e. The zero-order chi connectivity index (χ0) is 19.1. The number of carbonyl (C=O) groups excluding carboxylic acids is 2. The number of non-ortho nitro benzene ring substituents is 1. The fourth-order valence-electron chi connectivity index (χ4n) is 3.06. The van der Waals surface area contributed by atoms with E-state index in [0.717, 1.165) is 0 Å². The van der Waals surface area contributed by atoms with Crippen molar-refractivity contribution in [3.8, 4) is 0 Å². The SMILES string of the molecule is CC1(C)CC(=O)c2cc(C(=O)Nc3ccc([N+](=O)[O-])cc3)c(=O)[nH]c2C1. The Balaban J connectivity index is 1.89. The Morgan fingerprint density at radius 3 is 2.46 bits per heavy atom. The average Bonchev–Trinajstić information content (AvgIpc) is 2.53. The van der Waals surface area contributed by atoms with Crippen molar-refractivity contribution in [1.29, 1.82) is 0 Å². The number of fused-ring (bicyclic) bond motifs is 1. The third kappa shape index (κ3) is 3.39. The zero-order valence-electron chi connectivity index (χ0n) is 14.3. The topological polar surface area (TPSA) is 122 Å². The zero-order valence-corrected chi connectivity index (χ0v) is 14.3. The standard InChI is InChI=1S/C18H17N3O5/c1-18(2)8-14-12(15(22)9-18)7-13(17(24)20-14)16(23)19-10-3-5-11(6-4-10)21(25)26/h3-7H,8-9H2,1-2H3,(H,19,23)(H,20,24). The van der Waals surface area contributed by atoms with E-state index in [1.54, 1.807) is 0 Å². The molecule has 134 valence electrons. The number of nitrogens with zero attached hydrogens (tertiary/aromatic N) is 1. The number of ketones is 1. The molecule has 1 aromatic carbocycles. The minimum atomic E-state index is -0.680. The first kappa shape index (κ1) is 17.5. The molecule has 8 nitrogen and oxygen atoms in total. The van der Waals surface area contributed by atoms with Crippen LogP contribution in [0.4, 0.5) is 11.4 Å². The van der Waals surface area contributed by atoms with Crippen LogP contribution in [-0.2, 0) is 6.42 Å². The van der Waals surface area contributed by atoms with E-state index in [4.69, 9.17) is 0 Å². The van der Waals surface area contributed by atoms with Crippen LogP contribution in [0.3, 0.4) is 0 Å². The van der Waals surface area contributed by atoms with Crippen LogP contribution >= 0.6 is 0 Å². The van der Waals surface area contributed by atoms with Crippen molar-refractivity contribution in [2.45, 2.75) is 26.7 Å². The summed E-state index contributed by atoms with van der Waals surface area (Å²) in [6.45, 7) is 3.89. The van der Waals surface area contributed by atoms with E-state index >= 15 is 0 Å². The van der Waals surface area contributed by atoms with Gasteiger partial charge in [0.25, 0.3) is 17.2 Å². The number of hydrogen-bond acceptors (Lipinski definition) is 5. The number of aromatic amines is 1. The van der Waals surface area contributed by atoms with Gasteiger partial charge in [-0.25, -0.2) is 0 Å².